The number of rotatable bonds is 5. The largest absolute Gasteiger partial charge is 0.465 e. The number of halogens is 3. The summed E-state index contributed by atoms with van der Waals surface area (Å²) in [6.07, 6.45) is 0. The van der Waals surface area contributed by atoms with E-state index in [0.29, 0.717) is 5.69 Å². The van der Waals surface area contributed by atoms with Crippen LogP contribution in [0.3, 0.4) is 0 Å². The molecular formula is C11H13F3N2O2S. The van der Waals surface area contributed by atoms with Gasteiger partial charge in [0.1, 0.15) is 0 Å². The summed E-state index contributed by atoms with van der Waals surface area (Å²) >= 11 is -0.121. The summed E-state index contributed by atoms with van der Waals surface area (Å²) in [7, 11) is 1.22. The van der Waals surface area contributed by atoms with Crippen LogP contribution in [-0.4, -0.2) is 30.9 Å². The topological polar surface area (TPSA) is 64.3 Å². The first-order valence-electron chi connectivity index (χ1n) is 5.26. The van der Waals surface area contributed by atoms with Crippen LogP contribution in [0.5, 0.6) is 0 Å². The number of para-hydroxylation sites is 1. The summed E-state index contributed by atoms with van der Waals surface area (Å²) in [6.45, 7) is 0.0823. The van der Waals surface area contributed by atoms with Crippen LogP contribution in [0.4, 0.5) is 24.5 Å². The van der Waals surface area contributed by atoms with Crippen molar-refractivity contribution in [3.63, 3.8) is 0 Å². The summed E-state index contributed by atoms with van der Waals surface area (Å²) in [5.41, 5.74) is 2.23. The molecule has 0 bridgehead atoms. The highest BCUT2D eigenvalue weighted by Gasteiger charge is 2.27. The molecule has 0 saturated carbocycles. The first-order chi connectivity index (χ1) is 8.85. The van der Waals surface area contributed by atoms with E-state index in [1.165, 1.54) is 13.2 Å². The predicted octanol–water partition coefficient (Wildman–Crippen LogP) is 2.72. The first-order valence-corrected chi connectivity index (χ1v) is 6.25. The van der Waals surface area contributed by atoms with Gasteiger partial charge in [0.25, 0.3) is 0 Å². The zero-order valence-electron chi connectivity index (χ0n) is 10.1. The zero-order valence-corrected chi connectivity index (χ0v) is 10.9. The molecule has 0 spiro atoms. The lowest BCUT2D eigenvalue weighted by Gasteiger charge is -2.12. The zero-order chi connectivity index (χ0) is 14.5. The third-order valence-electron chi connectivity index (χ3n) is 2.19. The second-order valence-corrected chi connectivity index (χ2v) is 4.64. The Hall–Kier alpha value is -1.57. The fourth-order valence-corrected chi connectivity index (χ4v) is 1.80. The van der Waals surface area contributed by atoms with Crippen molar-refractivity contribution in [2.24, 2.45) is 0 Å². The number of nitrogen functional groups attached to an aromatic ring is 1. The molecule has 0 atom stereocenters. The van der Waals surface area contributed by atoms with E-state index in [2.05, 4.69) is 10.1 Å². The number of benzene rings is 1. The number of carbonyl (C=O) groups excluding carboxylic acids is 1. The minimum absolute atomic E-state index is 0.0823. The summed E-state index contributed by atoms with van der Waals surface area (Å²) < 4.78 is 40.3. The van der Waals surface area contributed by atoms with Gasteiger partial charge in [-0.3, -0.25) is 0 Å². The van der Waals surface area contributed by atoms with Gasteiger partial charge >= 0.3 is 11.5 Å². The van der Waals surface area contributed by atoms with Gasteiger partial charge in [-0.1, -0.05) is 6.07 Å². The number of hydrogen-bond acceptors (Lipinski definition) is 5. The Balaban J connectivity index is 2.62. The summed E-state index contributed by atoms with van der Waals surface area (Å²) in [6, 6.07) is 4.64. The number of alkyl halides is 3. The average molecular weight is 294 g/mol. The van der Waals surface area contributed by atoms with Crippen LogP contribution in [0.2, 0.25) is 0 Å². The number of methoxy groups -OCH3 is 1. The van der Waals surface area contributed by atoms with E-state index < -0.39 is 11.5 Å². The summed E-state index contributed by atoms with van der Waals surface area (Å²) in [5.74, 6) is -0.739. The molecule has 1 aromatic carbocycles. The van der Waals surface area contributed by atoms with Crippen LogP contribution >= 0.6 is 11.8 Å². The van der Waals surface area contributed by atoms with Crippen molar-refractivity contribution in [1.82, 2.24) is 0 Å². The predicted molar refractivity (Wildman–Crippen MR) is 69.2 cm³/mol. The van der Waals surface area contributed by atoms with Crippen LogP contribution in [0.1, 0.15) is 10.4 Å². The molecule has 0 unspecified atom stereocenters. The van der Waals surface area contributed by atoms with Gasteiger partial charge in [0.05, 0.1) is 24.0 Å². The molecule has 0 radical (unpaired) electrons. The van der Waals surface area contributed by atoms with Gasteiger partial charge in [-0.15, -0.1) is 0 Å². The summed E-state index contributed by atoms with van der Waals surface area (Å²) in [4.78, 5) is 11.4. The molecule has 0 amide bonds. The Morgan fingerprint density at radius 2 is 2.16 bits per heavy atom. The highest BCUT2D eigenvalue weighted by Crippen LogP contribution is 2.30. The summed E-state index contributed by atoms with van der Waals surface area (Å²) in [5, 5.41) is 2.75. The van der Waals surface area contributed by atoms with Crippen molar-refractivity contribution < 1.29 is 22.7 Å². The maximum absolute atomic E-state index is 11.9. The lowest BCUT2D eigenvalue weighted by atomic mass is 10.1. The van der Waals surface area contributed by atoms with Gasteiger partial charge in [0.15, 0.2) is 0 Å². The monoisotopic (exact) mass is 294 g/mol. The van der Waals surface area contributed by atoms with Crippen molar-refractivity contribution in [1.29, 1.82) is 0 Å². The van der Waals surface area contributed by atoms with Crippen molar-refractivity contribution in [2.75, 3.05) is 30.5 Å². The molecule has 4 nitrogen and oxygen atoms in total. The number of hydrogen-bond donors (Lipinski definition) is 2. The Labute approximate surface area is 112 Å². The van der Waals surface area contributed by atoms with Gasteiger partial charge in [-0.2, -0.15) is 13.2 Å². The van der Waals surface area contributed by atoms with E-state index in [-0.39, 0.29) is 35.3 Å². The molecule has 0 fully saturated rings. The molecule has 8 heteroatoms. The molecule has 106 valence electrons. The molecular weight excluding hydrogens is 281 g/mol. The molecule has 0 heterocycles. The molecule has 3 N–H and O–H groups in total. The Kier molecular flexibility index (Phi) is 5.34. The van der Waals surface area contributed by atoms with E-state index in [1.54, 1.807) is 12.1 Å². The van der Waals surface area contributed by atoms with Gasteiger partial charge < -0.3 is 15.8 Å². The molecule has 0 saturated heterocycles. The highest BCUT2D eigenvalue weighted by molar-refractivity contribution is 8.00. The van der Waals surface area contributed by atoms with E-state index in [0.717, 1.165) is 0 Å². The van der Waals surface area contributed by atoms with Crippen molar-refractivity contribution in [3.8, 4) is 0 Å². The number of anilines is 2. The van der Waals surface area contributed by atoms with E-state index in [1.807, 2.05) is 0 Å². The highest BCUT2D eigenvalue weighted by atomic mass is 32.2. The molecule has 19 heavy (non-hydrogen) atoms. The molecule has 0 aromatic heterocycles. The van der Waals surface area contributed by atoms with Crippen LogP contribution in [0.25, 0.3) is 0 Å². The molecule has 0 aliphatic carbocycles. The minimum Gasteiger partial charge on any atom is -0.465 e. The Bertz CT molecular complexity index is 452. The molecule has 1 rings (SSSR count). The van der Waals surface area contributed by atoms with Crippen LogP contribution in [0.15, 0.2) is 18.2 Å². The van der Waals surface area contributed by atoms with E-state index in [9.17, 15) is 18.0 Å². The maximum atomic E-state index is 11.9. The third-order valence-corrected chi connectivity index (χ3v) is 2.93. The standard InChI is InChI=1S/C11H13F3N2O2S/c1-18-10(17)7-3-2-4-8(9(7)15)16-5-6-19-11(12,13)14/h2-4,16H,5-6,15H2,1H3. The quantitative estimate of drug-likeness (QED) is 0.496. The maximum Gasteiger partial charge on any atom is 0.441 e. The number of nitrogens with one attached hydrogen (secondary N) is 1. The molecule has 1 aromatic rings. The van der Waals surface area contributed by atoms with Gasteiger partial charge in [-0.05, 0) is 23.9 Å². The van der Waals surface area contributed by atoms with Crippen LogP contribution < -0.4 is 11.1 Å². The van der Waals surface area contributed by atoms with Crippen molar-refractivity contribution in [2.45, 2.75) is 5.51 Å². The van der Waals surface area contributed by atoms with E-state index >= 15 is 0 Å². The van der Waals surface area contributed by atoms with Crippen LogP contribution in [-0.2, 0) is 4.74 Å². The Morgan fingerprint density at radius 1 is 1.47 bits per heavy atom. The number of esters is 1. The first kappa shape index (κ1) is 15.5. The molecule has 0 aliphatic heterocycles. The molecule has 0 aliphatic rings. The number of thioether (sulfide) groups is 1. The fraction of sp³-hybridized carbons (Fsp3) is 0.364. The van der Waals surface area contributed by atoms with Crippen molar-refractivity contribution in [3.05, 3.63) is 23.8 Å². The lowest BCUT2D eigenvalue weighted by Crippen LogP contribution is -2.12. The van der Waals surface area contributed by atoms with Crippen LogP contribution in [0, 0.1) is 0 Å². The smallest absolute Gasteiger partial charge is 0.441 e. The van der Waals surface area contributed by atoms with Gasteiger partial charge in [-0.25, -0.2) is 4.79 Å². The Morgan fingerprint density at radius 3 is 2.74 bits per heavy atom. The second kappa shape index (κ2) is 6.55. The lowest BCUT2D eigenvalue weighted by molar-refractivity contribution is -0.0327. The third kappa shape index (κ3) is 4.90. The average Bonchev–Trinajstić information content (AvgIpc) is 2.34. The minimum atomic E-state index is -4.25. The van der Waals surface area contributed by atoms with E-state index in [4.69, 9.17) is 5.73 Å². The SMILES string of the molecule is COC(=O)c1cccc(NCCSC(F)(F)F)c1N. The van der Waals surface area contributed by atoms with Crippen molar-refractivity contribution >= 4 is 29.1 Å². The van der Waals surface area contributed by atoms with Gasteiger partial charge in [0, 0.05) is 12.3 Å². The number of ether oxygens (including phenoxy) is 1. The normalized spacial score (nSPS) is 11.2. The second-order valence-electron chi connectivity index (χ2n) is 3.48. The number of nitrogens with two attached hydrogens (primary N) is 1. The fourth-order valence-electron chi connectivity index (χ4n) is 1.36. The van der Waals surface area contributed by atoms with Gasteiger partial charge in [0.2, 0.25) is 0 Å². The number of carbonyl (C=O) groups is 1.